The average Bonchev–Trinajstić information content (AvgIpc) is 1.57. The van der Waals surface area contributed by atoms with Crippen molar-refractivity contribution in [3.63, 3.8) is 0 Å². The molecule has 648 valence electrons. The SMILES string of the molecule is C[C@H](NC(=O)[C@@H](NC(=O)[C@H](CCC(N)=O)NC(=O)[C@H](CCCCN)NC(=O)[C@@H](N)[C@@H](C)O)[C@@H](C)O)C(=O)N[C@@H](CCCN=C(N)N)C(=O)N[C@@H](CCCC[N+](C)(C)C)C(=O)N[C@@H](CO)C(=O)N[C@H](C(=O)NCC(=O)NCC(=O)N[C@@H](CCCCN)C(=O)N[C@@H](C)C(=O)N1CCC[C@H]1C(=O)N[C@@H](CCCN=C(N)N)C(=O)[O-])[C@@H](C)O. The lowest BCUT2D eigenvalue weighted by Crippen LogP contribution is -2.62. The molecule has 1 rings (SSSR count). The number of carbonyl (C=O) groups is 16. The number of amides is 15. The summed E-state index contributed by atoms with van der Waals surface area (Å²) in [6, 6.07) is -19.8. The Kier molecular flexibility index (Phi) is 47.2. The number of aliphatic imine (C=N–C) groups is 2. The van der Waals surface area contributed by atoms with Crippen molar-refractivity contribution in [2.24, 2.45) is 55.9 Å². The van der Waals surface area contributed by atoms with Crippen LogP contribution in [0.2, 0.25) is 0 Å². The van der Waals surface area contributed by atoms with Gasteiger partial charge in [-0.25, -0.2) is 0 Å². The number of aliphatic carboxylic acids is 1. The molecule has 1 saturated heterocycles. The number of carboxylic acids is 1. The van der Waals surface area contributed by atoms with E-state index >= 15 is 0 Å². The minimum absolute atomic E-state index is 0.00998. The van der Waals surface area contributed by atoms with Gasteiger partial charge in [0.1, 0.15) is 72.5 Å². The number of likely N-dealkylation sites (tertiary alicyclic amines) is 1. The number of carboxylic acid groups (broad SMARTS) is 1. The Morgan fingerprint density at radius 1 is 0.456 bits per heavy atom. The summed E-state index contributed by atoms with van der Waals surface area (Å²) < 4.78 is 0.489. The molecule has 1 aliphatic heterocycles. The van der Waals surface area contributed by atoms with Crippen LogP contribution >= 0.6 is 0 Å². The van der Waals surface area contributed by atoms with Crippen LogP contribution in [0.3, 0.4) is 0 Å². The third-order valence-electron chi connectivity index (χ3n) is 17.8. The fraction of sp³-hybridized carbons (Fsp3) is 0.735. The van der Waals surface area contributed by atoms with Crippen molar-refractivity contribution >= 4 is 106 Å². The molecule has 0 aromatic rings. The van der Waals surface area contributed by atoms with Gasteiger partial charge in [-0.1, -0.05) is 0 Å². The molecule has 0 spiro atoms. The van der Waals surface area contributed by atoms with E-state index in [0.29, 0.717) is 49.6 Å². The van der Waals surface area contributed by atoms with Crippen LogP contribution < -0.4 is 120 Å². The summed E-state index contributed by atoms with van der Waals surface area (Å²) in [6.45, 7) is 4.30. The number of nitrogens with zero attached hydrogens (tertiary/aromatic N) is 4. The minimum atomic E-state index is -1.89. The van der Waals surface area contributed by atoms with Crippen molar-refractivity contribution in [2.45, 2.75) is 241 Å². The number of rotatable bonds is 56. The molecule has 46 nitrogen and oxygen atoms in total. The standard InChI is InChI=1S/C68H125N25O21/c1-35(81-64(111)53(39(5)97)91-59(106)44(24-25-48(71)98)86-56(103)42(19-10-13-27-70)87-62(109)51(72)37(3)95)54(101)84-43(21-15-28-77-67(73)74)57(104)85-41(20-11-14-31-93(6,7)8)58(105)89-46(34-94)60(107)90-52(38(4)96)63(110)80-32-49(99)79-33-50(100)83-40(18-9-12-26-69)55(102)82-36(2)65(112)92-30-17-23-47(92)61(108)88-45(66(113)114)22-16-29-78-68(75)76/h35-47,51-53,94-97H,9-34,69-70,72H2,1-8H3,(H23-,71,73,74,75,76,77,78,79,80,81,82,83,84,85,86,87,88,89,90,91,98,99,100,101,102,103,104,105,106,107,108,109,110,111,113,114)/t35-,36-,37+,38+,39+,40-,41-,42-,43-,44-,45-,46-,47-,51-,52-,53-/m0/s1. The van der Waals surface area contributed by atoms with Crippen LogP contribution in [0.1, 0.15) is 144 Å². The monoisotopic (exact) mass is 1630 g/mol. The number of nitrogens with one attached hydrogen (secondary N) is 13. The number of aliphatic hydroxyl groups is 4. The van der Waals surface area contributed by atoms with E-state index in [1.54, 1.807) is 0 Å². The van der Waals surface area contributed by atoms with Gasteiger partial charge < -0.3 is 155 Å². The Labute approximate surface area is 661 Å². The second-order valence-electron chi connectivity index (χ2n) is 28.8. The molecule has 0 aliphatic carbocycles. The number of primary amides is 1. The summed E-state index contributed by atoms with van der Waals surface area (Å²) in [6.07, 6.45) is -3.18. The lowest BCUT2D eigenvalue weighted by atomic mass is 10.0. The van der Waals surface area contributed by atoms with E-state index in [-0.39, 0.29) is 102 Å². The van der Waals surface area contributed by atoms with Gasteiger partial charge in [0, 0.05) is 26.1 Å². The molecule has 0 aromatic heterocycles. The van der Waals surface area contributed by atoms with E-state index in [1.807, 2.05) is 21.1 Å². The van der Waals surface area contributed by atoms with Crippen LogP contribution in [0.15, 0.2) is 9.98 Å². The zero-order chi connectivity index (χ0) is 86.7. The molecule has 0 bridgehead atoms. The van der Waals surface area contributed by atoms with E-state index in [0.717, 1.165) is 13.8 Å². The Morgan fingerprint density at radius 3 is 1.33 bits per heavy atom. The highest BCUT2D eigenvalue weighted by atomic mass is 16.4. The molecule has 1 aliphatic rings. The summed E-state index contributed by atoms with van der Waals surface area (Å²) in [5.41, 5.74) is 44.1. The van der Waals surface area contributed by atoms with E-state index in [1.165, 1.54) is 25.7 Å². The van der Waals surface area contributed by atoms with Gasteiger partial charge >= 0.3 is 0 Å². The number of hydrogen-bond donors (Lipinski definition) is 25. The lowest BCUT2D eigenvalue weighted by molar-refractivity contribution is -0.870. The third kappa shape index (κ3) is 40.0. The fourth-order valence-corrected chi connectivity index (χ4v) is 11.2. The Hall–Kier alpha value is -10.3. The second-order valence-corrected chi connectivity index (χ2v) is 28.8. The first kappa shape index (κ1) is 102. The molecule has 15 amide bonds. The number of aliphatic hydroxyl groups excluding tert-OH is 4. The zero-order valence-corrected chi connectivity index (χ0v) is 66.3. The van der Waals surface area contributed by atoms with Crippen LogP contribution in [-0.4, -0.2) is 313 Å². The van der Waals surface area contributed by atoms with Crippen LogP contribution in [0.5, 0.6) is 0 Å². The van der Waals surface area contributed by atoms with Gasteiger partial charge in [-0.3, -0.25) is 81.9 Å². The van der Waals surface area contributed by atoms with Crippen molar-refractivity contribution in [1.29, 1.82) is 0 Å². The van der Waals surface area contributed by atoms with E-state index < -0.39 is 224 Å². The summed E-state index contributed by atoms with van der Waals surface area (Å²) in [5.74, 6) is -16.8. The molecular formula is C68H125N25O21. The molecule has 1 heterocycles. The minimum Gasteiger partial charge on any atom is -0.548 e. The highest BCUT2D eigenvalue weighted by Gasteiger charge is 2.40. The molecule has 1 fully saturated rings. The highest BCUT2D eigenvalue weighted by molar-refractivity contribution is 6.00. The maximum Gasteiger partial charge on any atom is 0.245 e. The van der Waals surface area contributed by atoms with Crippen LogP contribution in [-0.2, 0) is 76.7 Å². The Morgan fingerprint density at radius 2 is 0.868 bits per heavy atom. The molecule has 0 unspecified atom stereocenters. The van der Waals surface area contributed by atoms with Gasteiger partial charge in [-0.15, -0.1) is 0 Å². The first-order valence-corrected chi connectivity index (χ1v) is 37.8. The van der Waals surface area contributed by atoms with Gasteiger partial charge in [0.2, 0.25) is 88.6 Å². The predicted molar refractivity (Wildman–Crippen MR) is 409 cm³/mol. The van der Waals surface area contributed by atoms with Crippen molar-refractivity contribution in [1.82, 2.24) is 74.0 Å². The van der Waals surface area contributed by atoms with Gasteiger partial charge in [-0.05, 0) is 150 Å². The van der Waals surface area contributed by atoms with E-state index in [4.69, 9.17) is 45.9 Å². The summed E-state index contributed by atoms with van der Waals surface area (Å²) in [4.78, 5) is 224. The van der Waals surface area contributed by atoms with Crippen LogP contribution in [0, 0.1) is 0 Å². The average molecular weight is 1630 g/mol. The van der Waals surface area contributed by atoms with Gasteiger partial charge in [0.05, 0.1) is 77.7 Å². The van der Waals surface area contributed by atoms with Crippen molar-refractivity contribution in [3.05, 3.63) is 0 Å². The smallest absolute Gasteiger partial charge is 0.245 e. The molecule has 46 heteroatoms. The summed E-state index contributed by atoms with van der Waals surface area (Å²) in [7, 11) is 5.71. The lowest BCUT2D eigenvalue weighted by Gasteiger charge is -2.29. The van der Waals surface area contributed by atoms with Crippen LogP contribution in [0.4, 0.5) is 0 Å². The molecule has 33 N–H and O–H groups in total. The molecule has 114 heavy (non-hydrogen) atoms. The summed E-state index contributed by atoms with van der Waals surface area (Å²) >= 11 is 0. The Bertz CT molecular complexity index is 3260. The van der Waals surface area contributed by atoms with Crippen molar-refractivity contribution in [3.8, 4) is 0 Å². The molecule has 0 aromatic carbocycles. The third-order valence-corrected chi connectivity index (χ3v) is 17.8. The molecular weight excluding hydrogens is 1500 g/mol. The first-order chi connectivity index (χ1) is 53.4. The summed E-state index contributed by atoms with van der Waals surface area (Å²) in [5, 5.41) is 84.6. The largest absolute Gasteiger partial charge is 0.548 e. The quantitative estimate of drug-likeness (QED) is 0.0116. The normalized spacial score (nSPS) is 16.5. The van der Waals surface area contributed by atoms with Crippen molar-refractivity contribution < 1.29 is 107 Å². The number of guanidine groups is 2. The number of nitrogens with two attached hydrogens (primary N) is 8. The fourth-order valence-electron chi connectivity index (χ4n) is 11.2. The van der Waals surface area contributed by atoms with E-state index in [2.05, 4.69) is 79.1 Å². The number of quaternary nitrogens is 1. The number of unbranched alkanes of at least 4 members (excludes halogenated alkanes) is 3. The number of carbonyl (C=O) groups excluding carboxylic acids is 16. The van der Waals surface area contributed by atoms with Gasteiger partial charge in [-0.2, -0.15) is 0 Å². The maximum absolute atomic E-state index is 14.4. The predicted octanol–water partition coefficient (Wildman–Crippen LogP) is -13.7. The van der Waals surface area contributed by atoms with E-state index in [9.17, 15) is 102 Å². The van der Waals surface area contributed by atoms with Gasteiger partial charge in [0.25, 0.3) is 0 Å². The van der Waals surface area contributed by atoms with Crippen LogP contribution in [0.25, 0.3) is 0 Å². The molecule has 0 radical (unpaired) electrons. The Balaban J connectivity index is 3.33. The topological polar surface area (TPSA) is 770 Å². The molecule has 16 atom stereocenters. The molecule has 0 saturated carbocycles. The number of hydrogen-bond acceptors (Lipinski definition) is 26. The first-order valence-electron chi connectivity index (χ1n) is 37.8. The highest BCUT2D eigenvalue weighted by Crippen LogP contribution is 2.20. The van der Waals surface area contributed by atoms with Gasteiger partial charge in [0.15, 0.2) is 11.9 Å². The zero-order valence-electron chi connectivity index (χ0n) is 66.3. The van der Waals surface area contributed by atoms with Crippen molar-refractivity contribution in [2.75, 3.05) is 80.1 Å². The second kappa shape index (κ2) is 52.9. The maximum atomic E-state index is 14.4.